The fourth-order valence-corrected chi connectivity index (χ4v) is 4.56. The third-order valence-corrected chi connectivity index (χ3v) is 5.70. The highest BCUT2D eigenvalue weighted by Crippen LogP contribution is 2.30. The Hall–Kier alpha value is -3.45. The first-order chi connectivity index (χ1) is 14.0. The molecule has 0 fully saturated rings. The number of carbonyl (C=O) groups excluding carboxylic acids is 1. The SMILES string of the molecule is Cc1cc(C)c2nc(-n3nc(C)cc3NC(=O)c3cc4ccccc4o3)sc2c1. The van der Waals surface area contributed by atoms with Crippen molar-refractivity contribution >= 4 is 44.2 Å². The van der Waals surface area contributed by atoms with Gasteiger partial charge in [0.25, 0.3) is 5.91 Å². The van der Waals surface area contributed by atoms with Crippen LogP contribution < -0.4 is 5.32 Å². The van der Waals surface area contributed by atoms with Crippen LogP contribution in [-0.2, 0) is 0 Å². The van der Waals surface area contributed by atoms with E-state index in [1.807, 2.05) is 37.3 Å². The zero-order valence-corrected chi connectivity index (χ0v) is 17.0. The molecule has 1 amide bonds. The quantitative estimate of drug-likeness (QED) is 0.438. The molecule has 5 aromatic rings. The average molecular weight is 402 g/mol. The van der Waals surface area contributed by atoms with Crippen LogP contribution in [0.25, 0.3) is 26.3 Å². The first-order valence-electron chi connectivity index (χ1n) is 9.23. The van der Waals surface area contributed by atoms with Crippen LogP contribution in [0.5, 0.6) is 0 Å². The van der Waals surface area contributed by atoms with Crippen molar-refractivity contribution in [2.24, 2.45) is 0 Å². The summed E-state index contributed by atoms with van der Waals surface area (Å²) >= 11 is 1.55. The summed E-state index contributed by atoms with van der Waals surface area (Å²) < 4.78 is 8.45. The summed E-state index contributed by atoms with van der Waals surface area (Å²) in [5, 5.41) is 9.05. The van der Waals surface area contributed by atoms with Gasteiger partial charge in [0.2, 0.25) is 5.13 Å². The van der Waals surface area contributed by atoms with Gasteiger partial charge in [-0.25, -0.2) is 4.98 Å². The number of nitrogens with one attached hydrogen (secondary N) is 1. The number of amides is 1. The number of para-hydroxylation sites is 1. The van der Waals surface area contributed by atoms with E-state index in [-0.39, 0.29) is 11.7 Å². The number of hydrogen-bond donors (Lipinski definition) is 1. The molecule has 1 N–H and O–H groups in total. The number of fused-ring (bicyclic) bond motifs is 2. The number of furan rings is 1. The third-order valence-electron chi connectivity index (χ3n) is 4.72. The number of rotatable bonds is 3. The number of nitrogens with zero attached hydrogens (tertiary/aromatic N) is 3. The van der Waals surface area contributed by atoms with Crippen LogP contribution in [-0.4, -0.2) is 20.7 Å². The molecular weight excluding hydrogens is 384 g/mol. The van der Waals surface area contributed by atoms with Gasteiger partial charge < -0.3 is 9.73 Å². The minimum absolute atomic E-state index is 0.257. The van der Waals surface area contributed by atoms with Crippen LogP contribution >= 0.6 is 11.3 Å². The number of carbonyl (C=O) groups is 1. The Kier molecular flexibility index (Phi) is 3.99. The lowest BCUT2D eigenvalue weighted by Gasteiger charge is -2.04. The molecule has 0 unspecified atom stereocenters. The molecule has 6 nitrogen and oxygen atoms in total. The Morgan fingerprint density at radius 2 is 1.93 bits per heavy atom. The van der Waals surface area contributed by atoms with E-state index in [9.17, 15) is 4.79 Å². The van der Waals surface area contributed by atoms with E-state index in [0.29, 0.717) is 16.5 Å². The van der Waals surface area contributed by atoms with E-state index in [0.717, 1.165) is 26.9 Å². The van der Waals surface area contributed by atoms with E-state index in [2.05, 4.69) is 36.4 Å². The highest BCUT2D eigenvalue weighted by atomic mass is 32.1. The van der Waals surface area contributed by atoms with Gasteiger partial charge in [0.1, 0.15) is 11.4 Å². The molecule has 3 aromatic heterocycles. The van der Waals surface area contributed by atoms with Crippen molar-refractivity contribution in [3.63, 3.8) is 0 Å². The molecule has 0 aliphatic carbocycles. The molecule has 0 radical (unpaired) electrons. The molecule has 0 bridgehead atoms. The van der Waals surface area contributed by atoms with Gasteiger partial charge >= 0.3 is 0 Å². The van der Waals surface area contributed by atoms with E-state index in [1.54, 1.807) is 22.1 Å². The van der Waals surface area contributed by atoms with Gasteiger partial charge in [0.15, 0.2) is 5.76 Å². The number of hydrogen-bond acceptors (Lipinski definition) is 5. The third kappa shape index (κ3) is 3.09. The Morgan fingerprint density at radius 3 is 2.76 bits per heavy atom. The second-order valence-electron chi connectivity index (χ2n) is 7.11. The van der Waals surface area contributed by atoms with Crippen LogP contribution in [0.2, 0.25) is 0 Å². The van der Waals surface area contributed by atoms with Crippen molar-refractivity contribution in [2.45, 2.75) is 20.8 Å². The Labute approximate surface area is 170 Å². The minimum atomic E-state index is -0.324. The van der Waals surface area contributed by atoms with Crippen LogP contribution in [0.4, 0.5) is 5.82 Å². The maximum atomic E-state index is 12.8. The maximum Gasteiger partial charge on any atom is 0.292 e. The van der Waals surface area contributed by atoms with Crippen molar-refractivity contribution in [1.29, 1.82) is 0 Å². The van der Waals surface area contributed by atoms with E-state index < -0.39 is 0 Å². The number of thiazole rings is 1. The van der Waals surface area contributed by atoms with Crippen molar-refractivity contribution in [1.82, 2.24) is 14.8 Å². The highest BCUT2D eigenvalue weighted by Gasteiger charge is 2.18. The molecule has 0 aliphatic rings. The van der Waals surface area contributed by atoms with E-state index >= 15 is 0 Å². The van der Waals surface area contributed by atoms with Crippen molar-refractivity contribution in [3.8, 4) is 5.13 Å². The molecule has 29 heavy (non-hydrogen) atoms. The summed E-state index contributed by atoms with van der Waals surface area (Å²) in [5.41, 5.74) is 4.74. The molecule has 5 rings (SSSR count). The van der Waals surface area contributed by atoms with Gasteiger partial charge in [-0.3, -0.25) is 4.79 Å². The minimum Gasteiger partial charge on any atom is -0.451 e. The smallest absolute Gasteiger partial charge is 0.292 e. The number of aryl methyl sites for hydroxylation is 3. The van der Waals surface area contributed by atoms with Gasteiger partial charge in [-0.1, -0.05) is 35.6 Å². The largest absolute Gasteiger partial charge is 0.451 e. The molecule has 0 saturated carbocycles. The molecule has 144 valence electrons. The van der Waals surface area contributed by atoms with Crippen molar-refractivity contribution in [3.05, 3.63) is 71.1 Å². The second kappa shape index (κ2) is 6.56. The first kappa shape index (κ1) is 17.6. The number of benzene rings is 2. The summed E-state index contributed by atoms with van der Waals surface area (Å²) in [5.74, 6) is 0.490. The van der Waals surface area contributed by atoms with Gasteiger partial charge in [-0.15, -0.1) is 0 Å². The Morgan fingerprint density at radius 1 is 1.10 bits per heavy atom. The lowest BCUT2D eigenvalue weighted by molar-refractivity contribution is 0.0998. The predicted octanol–water partition coefficient (Wildman–Crippen LogP) is 5.41. The van der Waals surface area contributed by atoms with Crippen LogP contribution in [0.15, 0.2) is 52.9 Å². The van der Waals surface area contributed by atoms with E-state index in [1.165, 1.54) is 5.56 Å². The number of aromatic nitrogens is 3. The van der Waals surface area contributed by atoms with Gasteiger partial charge in [-0.05, 0) is 50.1 Å². The van der Waals surface area contributed by atoms with Crippen molar-refractivity contribution in [2.75, 3.05) is 5.32 Å². The van der Waals surface area contributed by atoms with Crippen LogP contribution in [0.3, 0.4) is 0 Å². The average Bonchev–Trinajstić information content (AvgIpc) is 3.37. The summed E-state index contributed by atoms with van der Waals surface area (Å²) in [4.78, 5) is 17.5. The lowest BCUT2D eigenvalue weighted by Crippen LogP contribution is -2.14. The van der Waals surface area contributed by atoms with Gasteiger partial charge in [-0.2, -0.15) is 9.78 Å². The van der Waals surface area contributed by atoms with Crippen molar-refractivity contribution < 1.29 is 9.21 Å². The Bertz CT molecular complexity index is 1360. The molecule has 0 aliphatic heterocycles. The van der Waals surface area contributed by atoms with Gasteiger partial charge in [0.05, 0.1) is 15.9 Å². The summed E-state index contributed by atoms with van der Waals surface area (Å²) in [6.45, 7) is 6.01. The summed E-state index contributed by atoms with van der Waals surface area (Å²) in [6.07, 6.45) is 0. The maximum absolute atomic E-state index is 12.8. The predicted molar refractivity (Wildman–Crippen MR) is 115 cm³/mol. The molecule has 2 aromatic carbocycles. The van der Waals surface area contributed by atoms with Gasteiger partial charge in [0, 0.05) is 11.5 Å². The topological polar surface area (TPSA) is 73.0 Å². The zero-order chi connectivity index (χ0) is 20.1. The highest BCUT2D eigenvalue weighted by molar-refractivity contribution is 7.20. The molecule has 7 heteroatoms. The zero-order valence-electron chi connectivity index (χ0n) is 16.2. The van der Waals surface area contributed by atoms with E-state index in [4.69, 9.17) is 9.40 Å². The summed E-state index contributed by atoms with van der Waals surface area (Å²) in [6, 6.07) is 15.3. The second-order valence-corrected chi connectivity index (χ2v) is 8.12. The Balaban J connectivity index is 1.52. The molecule has 0 spiro atoms. The molecule has 0 saturated heterocycles. The molecular formula is C22H18N4O2S. The normalized spacial score (nSPS) is 11.4. The molecule has 3 heterocycles. The monoisotopic (exact) mass is 402 g/mol. The summed E-state index contributed by atoms with van der Waals surface area (Å²) in [7, 11) is 0. The standard InChI is InChI=1S/C22H18N4O2S/c1-12-8-13(2)20-18(9-12)29-22(24-20)26-19(10-14(3)25-26)23-21(27)17-11-15-6-4-5-7-16(15)28-17/h4-11H,1-3H3,(H,23,27). The molecule has 0 atom stereocenters. The fraction of sp³-hybridized carbons (Fsp3) is 0.136. The first-order valence-corrected chi connectivity index (χ1v) is 10.0. The van der Waals surface area contributed by atoms with Crippen LogP contribution in [0, 0.1) is 20.8 Å². The fourth-order valence-electron chi connectivity index (χ4n) is 3.46. The number of anilines is 1. The lowest BCUT2D eigenvalue weighted by atomic mass is 10.1. The van der Waals surface area contributed by atoms with Crippen LogP contribution in [0.1, 0.15) is 27.4 Å².